The van der Waals surface area contributed by atoms with Gasteiger partial charge >= 0.3 is 5.97 Å². The van der Waals surface area contributed by atoms with Gasteiger partial charge in [0.05, 0.1) is 14.2 Å². The summed E-state index contributed by atoms with van der Waals surface area (Å²) in [6.45, 7) is 1.56. The maximum atomic E-state index is 12.0. The van der Waals surface area contributed by atoms with Crippen LogP contribution in [0.4, 0.5) is 5.69 Å². The standard InChI is InChI=1S/C18H21N3O4/c1-18(17(22)23,12-6-9-14(24-2)15(10-12)25-3)21-13-7-4-11(5-8-13)16(19)20/h4-10,21H,1-3H3,(H3,19,20)(H,22,23). The number of ether oxygens (including phenoxy) is 2. The zero-order valence-electron chi connectivity index (χ0n) is 14.3. The van der Waals surface area contributed by atoms with Crippen molar-refractivity contribution in [3.63, 3.8) is 0 Å². The molecular formula is C18H21N3O4. The zero-order chi connectivity index (χ0) is 18.6. The van der Waals surface area contributed by atoms with Crippen LogP contribution in [0.1, 0.15) is 18.1 Å². The van der Waals surface area contributed by atoms with Crippen LogP contribution in [0.3, 0.4) is 0 Å². The van der Waals surface area contributed by atoms with Crippen LogP contribution in [0.2, 0.25) is 0 Å². The van der Waals surface area contributed by atoms with Crippen molar-refractivity contribution in [2.45, 2.75) is 12.5 Å². The fourth-order valence-electron chi connectivity index (χ4n) is 2.42. The highest BCUT2D eigenvalue weighted by Crippen LogP contribution is 2.34. The van der Waals surface area contributed by atoms with Crippen LogP contribution in [-0.2, 0) is 10.3 Å². The molecule has 0 saturated heterocycles. The quantitative estimate of drug-likeness (QED) is 0.453. The topological polar surface area (TPSA) is 118 Å². The number of nitrogens with one attached hydrogen (secondary N) is 2. The molecule has 0 bridgehead atoms. The van der Waals surface area contributed by atoms with Gasteiger partial charge in [-0.1, -0.05) is 6.07 Å². The van der Waals surface area contributed by atoms with Crippen LogP contribution >= 0.6 is 0 Å². The van der Waals surface area contributed by atoms with Gasteiger partial charge < -0.3 is 25.6 Å². The van der Waals surface area contributed by atoms with Crippen molar-refractivity contribution in [3.8, 4) is 11.5 Å². The van der Waals surface area contributed by atoms with E-state index < -0.39 is 11.5 Å². The van der Waals surface area contributed by atoms with Crippen molar-refractivity contribution < 1.29 is 19.4 Å². The van der Waals surface area contributed by atoms with Crippen molar-refractivity contribution in [1.82, 2.24) is 0 Å². The van der Waals surface area contributed by atoms with Crippen molar-refractivity contribution >= 4 is 17.5 Å². The Kier molecular flexibility index (Phi) is 5.17. The SMILES string of the molecule is COc1ccc(C(C)(Nc2ccc(C(=N)N)cc2)C(=O)O)cc1OC. The second kappa shape index (κ2) is 7.12. The smallest absolute Gasteiger partial charge is 0.333 e. The molecule has 25 heavy (non-hydrogen) atoms. The van der Waals surface area contributed by atoms with E-state index in [9.17, 15) is 9.90 Å². The van der Waals surface area contributed by atoms with Crippen molar-refractivity contribution in [3.05, 3.63) is 53.6 Å². The van der Waals surface area contributed by atoms with Gasteiger partial charge in [-0.15, -0.1) is 0 Å². The highest BCUT2D eigenvalue weighted by Gasteiger charge is 2.36. The van der Waals surface area contributed by atoms with E-state index in [1.54, 1.807) is 49.4 Å². The van der Waals surface area contributed by atoms with Gasteiger partial charge in [0.15, 0.2) is 17.0 Å². The Morgan fingerprint density at radius 3 is 2.20 bits per heavy atom. The molecule has 2 aromatic carbocycles. The van der Waals surface area contributed by atoms with Gasteiger partial charge in [-0.25, -0.2) is 4.79 Å². The maximum Gasteiger partial charge on any atom is 0.333 e. The molecule has 2 rings (SSSR count). The molecular weight excluding hydrogens is 322 g/mol. The fourth-order valence-corrected chi connectivity index (χ4v) is 2.42. The maximum absolute atomic E-state index is 12.0. The third-order valence-electron chi connectivity index (χ3n) is 3.98. The Labute approximate surface area is 145 Å². The first-order valence-corrected chi connectivity index (χ1v) is 7.50. The van der Waals surface area contributed by atoms with Gasteiger partial charge in [-0.3, -0.25) is 5.41 Å². The summed E-state index contributed by atoms with van der Waals surface area (Å²) >= 11 is 0. The number of carboxylic acid groups (broad SMARTS) is 1. The number of hydrogen-bond acceptors (Lipinski definition) is 5. The van der Waals surface area contributed by atoms with Gasteiger partial charge in [0.25, 0.3) is 0 Å². The van der Waals surface area contributed by atoms with Crippen LogP contribution in [0.25, 0.3) is 0 Å². The van der Waals surface area contributed by atoms with Crippen molar-refractivity contribution in [2.75, 3.05) is 19.5 Å². The lowest BCUT2D eigenvalue weighted by atomic mass is 9.91. The van der Waals surface area contributed by atoms with Crippen LogP contribution < -0.4 is 20.5 Å². The molecule has 7 heteroatoms. The number of methoxy groups -OCH3 is 2. The Balaban J connectivity index is 2.41. The lowest BCUT2D eigenvalue weighted by Crippen LogP contribution is -2.40. The molecule has 0 heterocycles. The van der Waals surface area contributed by atoms with Gasteiger partial charge in [-0.05, 0) is 48.9 Å². The molecule has 0 aliphatic heterocycles. The monoisotopic (exact) mass is 343 g/mol. The largest absolute Gasteiger partial charge is 0.493 e. The first kappa shape index (κ1) is 18.1. The third-order valence-corrected chi connectivity index (χ3v) is 3.98. The summed E-state index contributed by atoms with van der Waals surface area (Å²) in [5.74, 6) is -0.131. The van der Waals surface area contributed by atoms with Crippen LogP contribution in [0, 0.1) is 5.41 Å². The molecule has 1 atom stereocenters. The van der Waals surface area contributed by atoms with E-state index in [1.807, 2.05) is 0 Å². The summed E-state index contributed by atoms with van der Waals surface area (Å²) < 4.78 is 10.5. The average molecular weight is 343 g/mol. The number of carboxylic acids is 1. The molecule has 132 valence electrons. The molecule has 7 nitrogen and oxygen atoms in total. The highest BCUT2D eigenvalue weighted by molar-refractivity contribution is 5.95. The summed E-state index contributed by atoms with van der Waals surface area (Å²) in [6, 6.07) is 11.6. The Morgan fingerprint density at radius 2 is 1.72 bits per heavy atom. The third kappa shape index (κ3) is 3.65. The van der Waals surface area contributed by atoms with E-state index in [4.69, 9.17) is 20.6 Å². The van der Waals surface area contributed by atoms with Gasteiger partial charge in [-0.2, -0.15) is 0 Å². The predicted octanol–water partition coefficient (Wildman–Crippen LogP) is 2.40. The number of rotatable bonds is 7. The summed E-state index contributed by atoms with van der Waals surface area (Å²) in [4.78, 5) is 12.0. The highest BCUT2D eigenvalue weighted by atomic mass is 16.5. The number of aliphatic carboxylic acids is 1. The van der Waals surface area contributed by atoms with E-state index in [0.717, 1.165) is 0 Å². The normalized spacial score (nSPS) is 12.8. The van der Waals surface area contributed by atoms with Gasteiger partial charge in [0.2, 0.25) is 0 Å². The van der Waals surface area contributed by atoms with Crippen LogP contribution in [-0.4, -0.2) is 31.1 Å². The van der Waals surface area contributed by atoms with Gasteiger partial charge in [0.1, 0.15) is 5.84 Å². The number of carbonyl (C=O) groups is 1. The lowest BCUT2D eigenvalue weighted by Gasteiger charge is -2.28. The zero-order valence-corrected chi connectivity index (χ0v) is 14.3. The molecule has 0 amide bonds. The number of nitrogen functional groups attached to an aromatic ring is 1. The molecule has 0 fully saturated rings. The fraction of sp³-hybridized carbons (Fsp3) is 0.222. The minimum absolute atomic E-state index is 0.0487. The molecule has 1 unspecified atom stereocenters. The molecule has 0 aliphatic rings. The molecule has 0 radical (unpaired) electrons. The van der Waals surface area contributed by atoms with Crippen LogP contribution in [0.5, 0.6) is 11.5 Å². The van der Waals surface area contributed by atoms with E-state index >= 15 is 0 Å². The molecule has 5 N–H and O–H groups in total. The van der Waals surface area contributed by atoms with E-state index in [2.05, 4.69) is 5.32 Å². The number of anilines is 1. The van der Waals surface area contributed by atoms with E-state index in [0.29, 0.717) is 28.3 Å². The van der Waals surface area contributed by atoms with E-state index in [1.165, 1.54) is 14.2 Å². The Hall–Kier alpha value is -3.22. The summed E-state index contributed by atoms with van der Waals surface area (Å²) in [7, 11) is 3.01. The Morgan fingerprint density at radius 1 is 1.12 bits per heavy atom. The summed E-state index contributed by atoms with van der Waals surface area (Å²) in [6.07, 6.45) is 0. The van der Waals surface area contributed by atoms with E-state index in [-0.39, 0.29) is 5.84 Å². The average Bonchev–Trinajstić information content (AvgIpc) is 2.61. The Bertz CT molecular complexity index is 789. The second-order valence-electron chi connectivity index (χ2n) is 5.62. The molecule has 0 spiro atoms. The van der Waals surface area contributed by atoms with Crippen molar-refractivity contribution in [2.24, 2.45) is 5.73 Å². The van der Waals surface area contributed by atoms with Gasteiger partial charge in [0, 0.05) is 11.3 Å². The first-order valence-electron chi connectivity index (χ1n) is 7.50. The first-order chi connectivity index (χ1) is 11.8. The molecule has 0 saturated carbocycles. The number of benzene rings is 2. The van der Waals surface area contributed by atoms with Crippen molar-refractivity contribution in [1.29, 1.82) is 5.41 Å². The number of amidine groups is 1. The number of nitrogens with two attached hydrogens (primary N) is 1. The summed E-state index contributed by atoms with van der Waals surface area (Å²) in [5.41, 5.74) is 5.70. The number of hydrogen-bond donors (Lipinski definition) is 4. The summed E-state index contributed by atoms with van der Waals surface area (Å²) in [5, 5.41) is 20.2. The second-order valence-corrected chi connectivity index (χ2v) is 5.62. The molecule has 0 aliphatic carbocycles. The minimum Gasteiger partial charge on any atom is -0.493 e. The molecule has 0 aromatic heterocycles. The predicted molar refractivity (Wildman–Crippen MR) is 95.6 cm³/mol. The van der Waals surface area contributed by atoms with Crippen LogP contribution in [0.15, 0.2) is 42.5 Å². The lowest BCUT2D eigenvalue weighted by molar-refractivity contribution is -0.142. The minimum atomic E-state index is -1.39. The molecule has 2 aromatic rings.